The molecule has 0 aromatic carbocycles. The number of nitrogens with one attached hydrogen (secondary N) is 1. The average Bonchev–Trinajstić information content (AvgIpc) is 2.22. The van der Waals surface area contributed by atoms with E-state index in [1.807, 2.05) is 0 Å². The number of carbonyl (C=O) groups is 1. The van der Waals surface area contributed by atoms with Crippen LogP contribution in [-0.2, 0) is 4.79 Å². The third kappa shape index (κ3) is 0.661. The Morgan fingerprint density at radius 1 is 1.67 bits per heavy atom. The fourth-order valence-corrected chi connectivity index (χ4v) is 1.56. The normalized spacial score (nSPS) is 38.9. The lowest BCUT2D eigenvalue weighted by atomic mass is 10.1. The smallest absolute Gasteiger partial charge is 0.220 e. The van der Waals surface area contributed by atoms with Crippen LogP contribution in [0.1, 0.15) is 12.8 Å². The van der Waals surface area contributed by atoms with Crippen molar-refractivity contribution in [3.05, 3.63) is 12.2 Å². The van der Waals surface area contributed by atoms with Gasteiger partial charge >= 0.3 is 0 Å². The molecular formula is C7H9NO. The van der Waals surface area contributed by atoms with Crippen LogP contribution in [0.2, 0.25) is 0 Å². The summed E-state index contributed by atoms with van der Waals surface area (Å²) in [7, 11) is 0. The Labute approximate surface area is 53.9 Å². The Bertz CT molecular complexity index is 174. The summed E-state index contributed by atoms with van der Waals surface area (Å²) in [4.78, 5) is 10.7. The molecule has 2 aliphatic rings. The number of carbonyl (C=O) groups excluding carboxylic acids is 1. The summed E-state index contributed by atoms with van der Waals surface area (Å²) in [5.41, 5.74) is 0. The van der Waals surface area contributed by atoms with Crippen LogP contribution >= 0.6 is 0 Å². The van der Waals surface area contributed by atoms with E-state index in [4.69, 9.17) is 0 Å². The summed E-state index contributed by atoms with van der Waals surface area (Å²) >= 11 is 0. The molecule has 1 aliphatic carbocycles. The molecule has 0 aromatic heterocycles. The molecular weight excluding hydrogens is 114 g/mol. The minimum Gasteiger partial charge on any atom is -0.352 e. The van der Waals surface area contributed by atoms with Crippen LogP contribution in [0, 0.1) is 5.92 Å². The SMILES string of the molecule is O=C1C[C@H]2C=CC[C@H]2N1. The molecule has 2 heteroatoms. The first-order chi connectivity index (χ1) is 4.36. The van der Waals surface area contributed by atoms with Crippen molar-refractivity contribution in [2.24, 2.45) is 5.92 Å². The van der Waals surface area contributed by atoms with Gasteiger partial charge in [-0.15, -0.1) is 0 Å². The fraction of sp³-hybridized carbons (Fsp3) is 0.571. The summed E-state index contributed by atoms with van der Waals surface area (Å²) in [6.07, 6.45) is 6.04. The van der Waals surface area contributed by atoms with E-state index >= 15 is 0 Å². The lowest BCUT2D eigenvalue weighted by Crippen LogP contribution is -2.25. The first kappa shape index (κ1) is 5.03. The molecule has 1 aliphatic heterocycles. The third-order valence-corrected chi connectivity index (χ3v) is 2.06. The van der Waals surface area contributed by atoms with Crippen molar-refractivity contribution >= 4 is 5.91 Å². The maximum atomic E-state index is 10.7. The highest BCUT2D eigenvalue weighted by molar-refractivity contribution is 5.79. The van der Waals surface area contributed by atoms with Crippen molar-refractivity contribution in [2.75, 3.05) is 0 Å². The molecule has 1 amide bonds. The zero-order valence-corrected chi connectivity index (χ0v) is 5.13. The standard InChI is InChI=1S/C7H9NO/c9-7-4-5-2-1-3-6(5)8-7/h1-2,5-6H,3-4H2,(H,8,9)/t5-,6-/m1/s1. The molecule has 0 saturated carbocycles. The quantitative estimate of drug-likeness (QED) is 0.465. The van der Waals surface area contributed by atoms with Gasteiger partial charge in [0.2, 0.25) is 5.91 Å². The fourth-order valence-electron chi connectivity index (χ4n) is 1.56. The van der Waals surface area contributed by atoms with Gasteiger partial charge in [0.25, 0.3) is 0 Å². The predicted octanol–water partition coefficient (Wildman–Crippen LogP) is 0.451. The molecule has 0 spiro atoms. The van der Waals surface area contributed by atoms with Gasteiger partial charge < -0.3 is 5.32 Å². The van der Waals surface area contributed by atoms with Gasteiger partial charge in [-0.1, -0.05) is 12.2 Å². The van der Waals surface area contributed by atoms with Crippen molar-refractivity contribution in [1.82, 2.24) is 5.32 Å². The second-order valence-electron chi connectivity index (χ2n) is 2.71. The number of rotatable bonds is 0. The number of fused-ring (bicyclic) bond motifs is 1. The van der Waals surface area contributed by atoms with Crippen molar-refractivity contribution in [3.63, 3.8) is 0 Å². The summed E-state index contributed by atoms with van der Waals surface area (Å²) in [5.74, 6) is 0.729. The zero-order valence-electron chi connectivity index (χ0n) is 5.13. The molecule has 2 atom stereocenters. The van der Waals surface area contributed by atoms with Crippen molar-refractivity contribution in [3.8, 4) is 0 Å². The van der Waals surface area contributed by atoms with Gasteiger partial charge in [-0.05, 0) is 6.42 Å². The number of amides is 1. The van der Waals surface area contributed by atoms with E-state index in [1.165, 1.54) is 0 Å². The Hall–Kier alpha value is -0.790. The lowest BCUT2D eigenvalue weighted by Gasteiger charge is -2.04. The van der Waals surface area contributed by atoms with Crippen molar-refractivity contribution < 1.29 is 4.79 Å². The van der Waals surface area contributed by atoms with Gasteiger partial charge in [-0.25, -0.2) is 0 Å². The second kappa shape index (κ2) is 1.59. The highest BCUT2D eigenvalue weighted by atomic mass is 16.2. The van der Waals surface area contributed by atoms with Gasteiger partial charge in [0, 0.05) is 18.4 Å². The molecule has 2 rings (SSSR count). The zero-order chi connectivity index (χ0) is 6.27. The summed E-state index contributed by atoms with van der Waals surface area (Å²) < 4.78 is 0. The van der Waals surface area contributed by atoms with E-state index in [9.17, 15) is 4.79 Å². The molecule has 0 aromatic rings. The van der Waals surface area contributed by atoms with Crippen LogP contribution in [-0.4, -0.2) is 11.9 Å². The van der Waals surface area contributed by atoms with Gasteiger partial charge in [0.05, 0.1) is 0 Å². The summed E-state index contributed by atoms with van der Waals surface area (Å²) in [6.45, 7) is 0. The molecule has 0 bridgehead atoms. The maximum Gasteiger partial charge on any atom is 0.220 e. The first-order valence-electron chi connectivity index (χ1n) is 3.32. The molecule has 1 heterocycles. The van der Waals surface area contributed by atoms with E-state index in [-0.39, 0.29) is 5.91 Å². The number of hydrogen-bond acceptors (Lipinski definition) is 1. The average molecular weight is 123 g/mol. The van der Waals surface area contributed by atoms with E-state index in [1.54, 1.807) is 0 Å². The minimum atomic E-state index is 0.217. The van der Waals surface area contributed by atoms with E-state index in [0.717, 1.165) is 6.42 Å². The summed E-state index contributed by atoms with van der Waals surface area (Å²) in [6, 6.07) is 0.442. The van der Waals surface area contributed by atoms with Gasteiger partial charge in [-0.2, -0.15) is 0 Å². The van der Waals surface area contributed by atoms with E-state index in [2.05, 4.69) is 17.5 Å². The Balaban J connectivity index is 2.17. The summed E-state index contributed by atoms with van der Waals surface area (Å²) in [5, 5.41) is 2.91. The molecule has 1 N–H and O–H groups in total. The molecule has 1 fully saturated rings. The molecule has 48 valence electrons. The van der Waals surface area contributed by atoms with Gasteiger partial charge in [0.15, 0.2) is 0 Å². The van der Waals surface area contributed by atoms with E-state index in [0.29, 0.717) is 18.4 Å². The maximum absolute atomic E-state index is 10.7. The van der Waals surface area contributed by atoms with Crippen LogP contribution in [0.5, 0.6) is 0 Å². The van der Waals surface area contributed by atoms with Crippen molar-refractivity contribution in [1.29, 1.82) is 0 Å². The Morgan fingerprint density at radius 2 is 2.56 bits per heavy atom. The van der Waals surface area contributed by atoms with Crippen LogP contribution in [0.3, 0.4) is 0 Å². The molecule has 1 saturated heterocycles. The first-order valence-corrected chi connectivity index (χ1v) is 3.32. The predicted molar refractivity (Wildman–Crippen MR) is 33.8 cm³/mol. The van der Waals surface area contributed by atoms with Crippen LogP contribution in [0.25, 0.3) is 0 Å². The highest BCUT2D eigenvalue weighted by Crippen LogP contribution is 2.25. The topological polar surface area (TPSA) is 29.1 Å². The third-order valence-electron chi connectivity index (χ3n) is 2.06. The van der Waals surface area contributed by atoms with E-state index < -0.39 is 0 Å². The van der Waals surface area contributed by atoms with Crippen LogP contribution in [0.4, 0.5) is 0 Å². The Kier molecular flexibility index (Phi) is 0.891. The molecule has 9 heavy (non-hydrogen) atoms. The number of hydrogen-bond donors (Lipinski definition) is 1. The minimum absolute atomic E-state index is 0.217. The molecule has 0 radical (unpaired) electrons. The Morgan fingerprint density at radius 3 is 3.33 bits per heavy atom. The van der Waals surface area contributed by atoms with Crippen LogP contribution < -0.4 is 5.32 Å². The highest BCUT2D eigenvalue weighted by Gasteiger charge is 2.32. The van der Waals surface area contributed by atoms with Crippen LogP contribution in [0.15, 0.2) is 12.2 Å². The second-order valence-corrected chi connectivity index (χ2v) is 2.71. The van der Waals surface area contributed by atoms with Crippen molar-refractivity contribution in [2.45, 2.75) is 18.9 Å². The molecule has 2 nitrogen and oxygen atoms in total. The largest absolute Gasteiger partial charge is 0.352 e. The van der Waals surface area contributed by atoms with Gasteiger partial charge in [0.1, 0.15) is 0 Å². The molecule has 0 unspecified atom stereocenters. The lowest BCUT2D eigenvalue weighted by molar-refractivity contribution is -0.119. The van der Waals surface area contributed by atoms with Gasteiger partial charge in [-0.3, -0.25) is 4.79 Å². The monoisotopic (exact) mass is 123 g/mol.